The van der Waals surface area contributed by atoms with Crippen LogP contribution in [-0.2, 0) is 16.1 Å². The van der Waals surface area contributed by atoms with Crippen molar-refractivity contribution in [2.24, 2.45) is 0 Å². The second-order valence-electron chi connectivity index (χ2n) is 6.10. The smallest absolute Gasteiger partial charge is 0.238 e. The summed E-state index contributed by atoms with van der Waals surface area (Å²) in [6.45, 7) is 0.571. The molecular weight excluding hydrogens is 362 g/mol. The molecule has 1 aliphatic heterocycles. The van der Waals surface area contributed by atoms with Crippen LogP contribution < -0.4 is 10.6 Å². The predicted molar refractivity (Wildman–Crippen MR) is 104 cm³/mol. The van der Waals surface area contributed by atoms with Gasteiger partial charge in [0.2, 0.25) is 11.8 Å². The van der Waals surface area contributed by atoms with E-state index in [9.17, 15) is 9.59 Å². The minimum Gasteiger partial charge on any atom is -0.324 e. The van der Waals surface area contributed by atoms with Gasteiger partial charge >= 0.3 is 0 Å². The lowest BCUT2D eigenvalue weighted by molar-refractivity contribution is -0.120. The van der Waals surface area contributed by atoms with Crippen LogP contribution in [-0.4, -0.2) is 31.8 Å². The van der Waals surface area contributed by atoms with Crippen molar-refractivity contribution < 1.29 is 9.59 Å². The van der Waals surface area contributed by atoms with E-state index in [0.717, 1.165) is 16.1 Å². The average molecular weight is 379 g/mol. The highest BCUT2D eigenvalue weighted by atomic mass is 32.2. The molecule has 1 unspecified atom stereocenters. The van der Waals surface area contributed by atoms with Crippen molar-refractivity contribution in [3.8, 4) is 0 Å². The number of hydrogen-bond acceptors (Lipinski definition) is 5. The number of pyridine rings is 1. The van der Waals surface area contributed by atoms with Gasteiger partial charge in [0.15, 0.2) is 5.82 Å². The topological polar surface area (TPSA) is 88.9 Å². The summed E-state index contributed by atoms with van der Waals surface area (Å²) < 4.78 is 1.73. The second kappa shape index (κ2) is 7.63. The number of nitrogens with one attached hydrogen (secondary N) is 2. The van der Waals surface area contributed by atoms with Crippen molar-refractivity contribution in [3.63, 3.8) is 0 Å². The molecule has 1 atom stereocenters. The van der Waals surface area contributed by atoms with E-state index in [1.54, 1.807) is 29.3 Å². The lowest BCUT2D eigenvalue weighted by Gasteiger charge is -2.23. The molecule has 0 saturated carbocycles. The first-order chi connectivity index (χ1) is 13.2. The van der Waals surface area contributed by atoms with Crippen LogP contribution >= 0.6 is 11.8 Å². The van der Waals surface area contributed by atoms with Gasteiger partial charge in [-0.15, -0.1) is 11.8 Å². The van der Waals surface area contributed by atoms with Crippen molar-refractivity contribution in [1.82, 2.24) is 14.8 Å². The number of anilines is 2. The van der Waals surface area contributed by atoms with Gasteiger partial charge in [-0.3, -0.25) is 19.3 Å². The van der Waals surface area contributed by atoms with Crippen molar-refractivity contribution in [2.45, 2.75) is 23.1 Å². The van der Waals surface area contributed by atoms with Crippen LogP contribution in [0, 0.1) is 0 Å². The number of rotatable bonds is 5. The number of carbonyl (C=O) groups excluding carboxylic acids is 2. The summed E-state index contributed by atoms with van der Waals surface area (Å²) >= 11 is 1.41. The summed E-state index contributed by atoms with van der Waals surface area (Å²) in [6, 6.07) is 13.1. The number of para-hydroxylation sites is 1. The van der Waals surface area contributed by atoms with Crippen LogP contribution in [0.25, 0.3) is 0 Å². The van der Waals surface area contributed by atoms with Crippen molar-refractivity contribution in [2.75, 3.05) is 10.6 Å². The number of carbonyl (C=O) groups is 2. The largest absolute Gasteiger partial charge is 0.324 e. The monoisotopic (exact) mass is 379 g/mol. The fourth-order valence-corrected chi connectivity index (χ4v) is 3.89. The normalized spacial score (nSPS) is 15.7. The number of aromatic nitrogens is 3. The molecule has 2 aromatic heterocycles. The number of amides is 2. The lowest BCUT2D eigenvalue weighted by atomic mass is 10.2. The Labute approximate surface area is 160 Å². The number of hydrogen-bond donors (Lipinski definition) is 2. The van der Waals surface area contributed by atoms with Crippen LogP contribution in [0.3, 0.4) is 0 Å². The first-order valence-electron chi connectivity index (χ1n) is 8.46. The predicted octanol–water partition coefficient (Wildman–Crippen LogP) is 2.77. The Hall–Kier alpha value is -3.13. The highest BCUT2D eigenvalue weighted by Gasteiger charge is 2.28. The van der Waals surface area contributed by atoms with E-state index in [-0.39, 0.29) is 18.2 Å². The Kier molecular flexibility index (Phi) is 4.88. The molecule has 0 fully saturated rings. The molecule has 136 valence electrons. The second-order valence-corrected chi connectivity index (χ2v) is 7.35. The zero-order chi connectivity index (χ0) is 18.6. The fourth-order valence-electron chi connectivity index (χ4n) is 2.78. The minimum absolute atomic E-state index is 0.0836. The Morgan fingerprint density at radius 2 is 2.11 bits per heavy atom. The van der Waals surface area contributed by atoms with Crippen LogP contribution in [0.5, 0.6) is 0 Å². The standard InChI is InChI=1S/C19H17N5O2S/c25-18(10-16-19(26)21-14-5-1-2-6-15(14)27-16)22-17-7-9-24(23-17)12-13-4-3-8-20-11-13/h1-9,11,16H,10,12H2,(H,21,26)(H,22,23,25). The van der Waals surface area contributed by atoms with Gasteiger partial charge < -0.3 is 10.6 Å². The summed E-state index contributed by atoms with van der Waals surface area (Å²) in [5.74, 6) is 0.0649. The molecule has 8 heteroatoms. The first-order valence-corrected chi connectivity index (χ1v) is 9.34. The zero-order valence-corrected chi connectivity index (χ0v) is 15.1. The molecule has 3 heterocycles. The van der Waals surface area contributed by atoms with E-state index in [0.29, 0.717) is 12.4 Å². The summed E-state index contributed by atoms with van der Waals surface area (Å²) in [5, 5.41) is 9.49. The Morgan fingerprint density at radius 3 is 2.96 bits per heavy atom. The maximum atomic E-state index is 12.3. The third-order valence-electron chi connectivity index (χ3n) is 4.05. The Bertz CT molecular complexity index is 973. The molecule has 0 saturated heterocycles. The van der Waals surface area contributed by atoms with Gasteiger partial charge in [0.1, 0.15) is 0 Å². The third-order valence-corrected chi connectivity index (χ3v) is 5.33. The quantitative estimate of drug-likeness (QED) is 0.712. The first kappa shape index (κ1) is 17.3. The molecule has 1 aromatic carbocycles. The number of nitrogens with zero attached hydrogens (tertiary/aromatic N) is 3. The van der Waals surface area contributed by atoms with Gasteiger partial charge in [-0.1, -0.05) is 18.2 Å². The molecule has 3 aromatic rings. The van der Waals surface area contributed by atoms with Crippen LogP contribution in [0.1, 0.15) is 12.0 Å². The molecule has 1 aliphatic rings. The van der Waals surface area contributed by atoms with Gasteiger partial charge in [0.25, 0.3) is 0 Å². The van der Waals surface area contributed by atoms with Gasteiger partial charge in [0.05, 0.1) is 17.5 Å². The van der Waals surface area contributed by atoms with Crippen molar-refractivity contribution in [3.05, 3.63) is 66.6 Å². The van der Waals surface area contributed by atoms with Gasteiger partial charge in [-0.05, 0) is 23.8 Å². The molecule has 7 nitrogen and oxygen atoms in total. The van der Waals surface area contributed by atoms with Crippen molar-refractivity contribution >= 4 is 35.1 Å². The molecule has 0 bridgehead atoms. The lowest BCUT2D eigenvalue weighted by Crippen LogP contribution is -2.32. The van der Waals surface area contributed by atoms with E-state index < -0.39 is 5.25 Å². The molecule has 2 N–H and O–H groups in total. The number of thioether (sulfide) groups is 1. The molecule has 0 spiro atoms. The third kappa shape index (κ3) is 4.17. The maximum Gasteiger partial charge on any atom is 0.238 e. The molecule has 4 rings (SSSR count). The van der Waals surface area contributed by atoms with Gasteiger partial charge in [0, 0.05) is 36.0 Å². The van der Waals surface area contributed by atoms with Crippen LogP contribution in [0.4, 0.5) is 11.5 Å². The number of benzene rings is 1. The van der Waals surface area contributed by atoms with E-state index >= 15 is 0 Å². The Balaban J connectivity index is 1.35. The average Bonchev–Trinajstić information content (AvgIpc) is 3.10. The summed E-state index contributed by atoms with van der Waals surface area (Å²) in [5.41, 5.74) is 1.81. The van der Waals surface area contributed by atoms with Gasteiger partial charge in [-0.25, -0.2) is 0 Å². The van der Waals surface area contributed by atoms with Crippen LogP contribution in [0.2, 0.25) is 0 Å². The van der Waals surface area contributed by atoms with Crippen LogP contribution in [0.15, 0.2) is 66.0 Å². The Morgan fingerprint density at radius 1 is 1.22 bits per heavy atom. The summed E-state index contributed by atoms with van der Waals surface area (Å²) in [4.78, 5) is 29.6. The van der Waals surface area contributed by atoms with Crippen molar-refractivity contribution in [1.29, 1.82) is 0 Å². The SMILES string of the molecule is O=C(CC1Sc2ccccc2NC1=O)Nc1ccn(Cc2cccnc2)n1. The van der Waals surface area contributed by atoms with E-state index in [4.69, 9.17) is 0 Å². The van der Waals surface area contributed by atoms with Gasteiger partial charge in [-0.2, -0.15) is 5.10 Å². The summed E-state index contributed by atoms with van der Waals surface area (Å²) in [6.07, 6.45) is 5.37. The minimum atomic E-state index is -0.461. The van der Waals surface area contributed by atoms with E-state index in [2.05, 4.69) is 20.7 Å². The maximum absolute atomic E-state index is 12.3. The molecule has 0 radical (unpaired) electrons. The molecule has 2 amide bonds. The fraction of sp³-hybridized carbons (Fsp3) is 0.158. The van der Waals surface area contributed by atoms with E-state index in [1.807, 2.05) is 36.4 Å². The zero-order valence-electron chi connectivity index (χ0n) is 14.3. The molecule has 0 aliphatic carbocycles. The highest BCUT2D eigenvalue weighted by molar-refractivity contribution is 8.01. The highest BCUT2D eigenvalue weighted by Crippen LogP contribution is 2.36. The summed E-state index contributed by atoms with van der Waals surface area (Å²) in [7, 11) is 0. The molecule has 27 heavy (non-hydrogen) atoms. The molecular formula is C19H17N5O2S. The number of fused-ring (bicyclic) bond motifs is 1. The van der Waals surface area contributed by atoms with E-state index in [1.165, 1.54) is 11.8 Å².